The first-order chi connectivity index (χ1) is 13.3. The van der Waals surface area contributed by atoms with Crippen molar-refractivity contribution in [2.24, 2.45) is 0 Å². The van der Waals surface area contributed by atoms with Gasteiger partial charge in [-0.05, 0) is 44.0 Å². The van der Waals surface area contributed by atoms with Crippen molar-refractivity contribution in [1.82, 2.24) is 4.90 Å². The molecule has 3 rings (SSSR count). The minimum Gasteiger partial charge on any atom is -0.508 e. The van der Waals surface area contributed by atoms with E-state index in [4.69, 9.17) is 0 Å². The summed E-state index contributed by atoms with van der Waals surface area (Å²) in [6.07, 6.45) is 1.38. The highest BCUT2D eigenvalue weighted by atomic mass is 32.2. The number of carbonyl (C=O) groups excluding carboxylic acids is 1. The van der Waals surface area contributed by atoms with E-state index in [1.54, 1.807) is 12.1 Å². The lowest BCUT2D eigenvalue weighted by atomic mass is 10.1. The van der Waals surface area contributed by atoms with Crippen LogP contribution in [0.4, 0.5) is 5.69 Å². The lowest BCUT2D eigenvalue weighted by molar-refractivity contribution is -0.892. The Hall–Kier alpha value is -1.80. The van der Waals surface area contributed by atoms with E-state index in [-0.39, 0.29) is 35.2 Å². The second-order valence-electron chi connectivity index (χ2n) is 8.05. The lowest BCUT2D eigenvalue weighted by Crippen LogP contribution is -3.16. The van der Waals surface area contributed by atoms with Crippen LogP contribution < -0.4 is 9.80 Å². The maximum Gasteiger partial charge on any atom is 0.278 e. The number of anilines is 1. The number of aromatic hydroxyl groups is 1. The quantitative estimate of drug-likeness (QED) is 0.685. The van der Waals surface area contributed by atoms with Crippen LogP contribution in [0, 0.1) is 0 Å². The minimum absolute atomic E-state index is 0.0588. The lowest BCUT2D eigenvalue weighted by Gasteiger charge is -2.37. The fourth-order valence-electron chi connectivity index (χ4n) is 4.23. The Balaban J connectivity index is 1.58. The van der Waals surface area contributed by atoms with Gasteiger partial charge in [-0.3, -0.25) is 4.79 Å². The molecule has 28 heavy (non-hydrogen) atoms. The summed E-state index contributed by atoms with van der Waals surface area (Å²) in [7, 11) is -3.01. The van der Waals surface area contributed by atoms with Gasteiger partial charge in [0.05, 0.1) is 37.7 Å². The molecule has 1 aromatic rings. The molecule has 1 amide bonds. The summed E-state index contributed by atoms with van der Waals surface area (Å²) in [6.45, 7) is 7.92. The summed E-state index contributed by atoms with van der Waals surface area (Å²) in [6, 6.07) is 7.09. The van der Waals surface area contributed by atoms with E-state index in [0.717, 1.165) is 38.3 Å². The average Bonchev–Trinajstić information content (AvgIpc) is 3.02. The molecule has 2 fully saturated rings. The molecule has 8 heteroatoms. The van der Waals surface area contributed by atoms with Crippen LogP contribution in [-0.2, 0) is 14.6 Å². The summed E-state index contributed by atoms with van der Waals surface area (Å²) in [4.78, 5) is 18.4. The number of hydrogen-bond donors (Lipinski definition) is 2. The molecule has 2 saturated heterocycles. The van der Waals surface area contributed by atoms with Crippen LogP contribution in [0.2, 0.25) is 0 Å². The van der Waals surface area contributed by atoms with Gasteiger partial charge in [0.1, 0.15) is 5.75 Å². The first kappa shape index (κ1) is 20.9. The fraction of sp³-hybridized carbons (Fsp3) is 0.650. The smallest absolute Gasteiger partial charge is 0.278 e. The molecule has 0 radical (unpaired) electrons. The highest BCUT2D eigenvalue weighted by Gasteiger charge is 2.37. The monoisotopic (exact) mass is 410 g/mol. The maximum atomic E-state index is 13.1. The molecule has 2 N–H and O–H groups in total. The predicted molar refractivity (Wildman–Crippen MR) is 110 cm³/mol. The third kappa shape index (κ3) is 4.97. The Morgan fingerprint density at radius 3 is 2.46 bits per heavy atom. The third-order valence-electron chi connectivity index (χ3n) is 6.04. The van der Waals surface area contributed by atoms with E-state index in [1.807, 2.05) is 30.9 Å². The summed E-state index contributed by atoms with van der Waals surface area (Å²) >= 11 is 0. The van der Waals surface area contributed by atoms with Gasteiger partial charge in [-0.15, -0.1) is 0 Å². The molecular formula is C20H32N3O4S+. The van der Waals surface area contributed by atoms with Crippen molar-refractivity contribution < 1.29 is 23.2 Å². The molecule has 2 atom stereocenters. The predicted octanol–water partition coefficient (Wildman–Crippen LogP) is -0.0887. The van der Waals surface area contributed by atoms with Crippen molar-refractivity contribution >= 4 is 21.4 Å². The van der Waals surface area contributed by atoms with Gasteiger partial charge in [-0.25, -0.2) is 8.42 Å². The molecular weight excluding hydrogens is 378 g/mol. The number of piperazine rings is 1. The first-order valence-corrected chi connectivity index (χ1v) is 12.0. The van der Waals surface area contributed by atoms with Gasteiger partial charge in [0, 0.05) is 17.8 Å². The van der Waals surface area contributed by atoms with Gasteiger partial charge in [0.25, 0.3) is 5.91 Å². The van der Waals surface area contributed by atoms with Gasteiger partial charge in [-0.1, -0.05) is 6.92 Å². The highest BCUT2D eigenvalue weighted by molar-refractivity contribution is 7.91. The van der Waals surface area contributed by atoms with E-state index >= 15 is 0 Å². The molecule has 0 unspecified atom stereocenters. The molecule has 7 nitrogen and oxygen atoms in total. The van der Waals surface area contributed by atoms with E-state index in [2.05, 4.69) is 4.90 Å². The summed E-state index contributed by atoms with van der Waals surface area (Å²) in [5.74, 6) is 0.630. The van der Waals surface area contributed by atoms with Crippen LogP contribution in [0.15, 0.2) is 24.3 Å². The molecule has 2 heterocycles. The Morgan fingerprint density at radius 2 is 1.93 bits per heavy atom. The van der Waals surface area contributed by atoms with Crippen molar-refractivity contribution in [3.05, 3.63) is 24.3 Å². The number of sulfone groups is 1. The van der Waals surface area contributed by atoms with E-state index in [9.17, 15) is 18.3 Å². The Kier molecular flexibility index (Phi) is 6.50. The SMILES string of the molecule is CC[C@@H](C)N(C(=O)C[NH+]1CCN(c2ccc(O)cc2)CC1)[C@@H]1CCS(=O)(=O)C1. The number of carbonyl (C=O) groups is 1. The van der Waals surface area contributed by atoms with Crippen LogP contribution in [-0.4, -0.2) is 80.6 Å². The second-order valence-corrected chi connectivity index (χ2v) is 10.3. The number of hydrogen-bond acceptors (Lipinski definition) is 5. The Morgan fingerprint density at radius 1 is 1.29 bits per heavy atom. The number of benzene rings is 1. The number of amides is 1. The number of nitrogens with one attached hydrogen (secondary N) is 1. The first-order valence-electron chi connectivity index (χ1n) is 10.2. The van der Waals surface area contributed by atoms with Gasteiger partial charge < -0.3 is 19.8 Å². The molecule has 0 aliphatic carbocycles. The minimum atomic E-state index is -3.01. The number of phenolic OH excluding ortho intramolecular Hbond substituents is 1. The number of nitrogens with zero attached hydrogens (tertiary/aromatic N) is 2. The number of phenols is 1. The largest absolute Gasteiger partial charge is 0.508 e. The zero-order chi connectivity index (χ0) is 20.3. The molecule has 1 aromatic carbocycles. The second kappa shape index (κ2) is 8.69. The van der Waals surface area contributed by atoms with Crippen LogP contribution in [0.3, 0.4) is 0 Å². The molecule has 0 saturated carbocycles. The molecule has 0 bridgehead atoms. The zero-order valence-corrected chi connectivity index (χ0v) is 17.6. The van der Waals surface area contributed by atoms with Crippen LogP contribution in [0.25, 0.3) is 0 Å². The molecule has 0 spiro atoms. The Labute approximate surface area is 167 Å². The van der Waals surface area contributed by atoms with E-state index in [1.165, 1.54) is 4.90 Å². The third-order valence-corrected chi connectivity index (χ3v) is 7.79. The Bertz CT molecular complexity index is 773. The van der Waals surface area contributed by atoms with Gasteiger partial charge in [0.15, 0.2) is 16.4 Å². The van der Waals surface area contributed by atoms with Gasteiger partial charge >= 0.3 is 0 Å². The summed E-state index contributed by atoms with van der Waals surface area (Å²) in [5.41, 5.74) is 1.08. The van der Waals surface area contributed by atoms with Crippen molar-refractivity contribution in [3.63, 3.8) is 0 Å². The van der Waals surface area contributed by atoms with Gasteiger partial charge in [0.2, 0.25) is 0 Å². The zero-order valence-electron chi connectivity index (χ0n) is 16.8. The van der Waals surface area contributed by atoms with Crippen LogP contribution >= 0.6 is 0 Å². The van der Waals surface area contributed by atoms with Crippen molar-refractivity contribution in [2.45, 2.75) is 38.8 Å². The van der Waals surface area contributed by atoms with Crippen molar-refractivity contribution in [2.75, 3.05) is 49.1 Å². The van der Waals surface area contributed by atoms with Crippen LogP contribution in [0.5, 0.6) is 5.75 Å². The number of rotatable bonds is 6. The van der Waals surface area contributed by atoms with Crippen molar-refractivity contribution in [3.8, 4) is 5.75 Å². The van der Waals surface area contributed by atoms with E-state index in [0.29, 0.717) is 13.0 Å². The van der Waals surface area contributed by atoms with Crippen LogP contribution in [0.1, 0.15) is 26.7 Å². The maximum absolute atomic E-state index is 13.1. The van der Waals surface area contributed by atoms with Gasteiger partial charge in [-0.2, -0.15) is 0 Å². The fourth-order valence-corrected chi connectivity index (χ4v) is 5.94. The normalized spacial score (nSPS) is 23.5. The van der Waals surface area contributed by atoms with E-state index < -0.39 is 9.84 Å². The summed E-state index contributed by atoms with van der Waals surface area (Å²) in [5, 5.41) is 9.43. The topological polar surface area (TPSA) is 82.4 Å². The number of quaternary nitrogens is 1. The molecule has 2 aliphatic heterocycles. The summed E-state index contributed by atoms with van der Waals surface area (Å²) < 4.78 is 23.8. The standard InChI is InChI=1S/C20H31N3O4S/c1-3-16(2)23(18-8-13-28(26,27)15-18)20(25)14-21-9-11-22(12-10-21)17-4-6-19(24)7-5-17/h4-7,16,18,24H,3,8-15H2,1-2H3/p+1/t16-,18-/m1/s1. The molecule has 0 aromatic heterocycles. The van der Waals surface area contributed by atoms with Crippen molar-refractivity contribution in [1.29, 1.82) is 0 Å². The average molecular weight is 411 g/mol. The molecule has 156 valence electrons. The molecule has 2 aliphatic rings. The highest BCUT2D eigenvalue weighted by Crippen LogP contribution is 2.21.